The summed E-state index contributed by atoms with van der Waals surface area (Å²) in [5, 5.41) is 7.42. The van der Waals surface area contributed by atoms with E-state index >= 15 is 0 Å². The Hall–Kier alpha value is -1.92. The summed E-state index contributed by atoms with van der Waals surface area (Å²) in [7, 11) is 0. The summed E-state index contributed by atoms with van der Waals surface area (Å²) >= 11 is 4.69. The third-order valence-corrected chi connectivity index (χ3v) is 2.69. The highest BCUT2D eigenvalue weighted by Crippen LogP contribution is 2.26. The van der Waals surface area contributed by atoms with Crippen molar-refractivity contribution in [1.29, 1.82) is 0 Å². The third-order valence-electron chi connectivity index (χ3n) is 2.59. The summed E-state index contributed by atoms with van der Waals surface area (Å²) in [6, 6.07) is 8.01. The van der Waals surface area contributed by atoms with Crippen LogP contribution in [-0.2, 0) is 4.74 Å². The molecule has 1 aliphatic heterocycles. The van der Waals surface area contributed by atoms with E-state index in [9.17, 15) is 0 Å². The number of ether oxygens (including phenoxy) is 1. The molecule has 2 rings (SSSR count). The molecule has 0 fully saturated rings. The number of benzene rings is 1. The van der Waals surface area contributed by atoms with Gasteiger partial charge in [0.15, 0.2) is 11.3 Å². The van der Waals surface area contributed by atoms with E-state index in [1.54, 1.807) is 6.21 Å². The van der Waals surface area contributed by atoms with E-state index in [0.717, 1.165) is 16.8 Å². The first-order chi connectivity index (χ1) is 9.20. The van der Waals surface area contributed by atoms with Gasteiger partial charge < -0.3 is 15.8 Å². The lowest BCUT2D eigenvalue weighted by molar-refractivity contribution is 0.111. The van der Waals surface area contributed by atoms with Crippen molar-refractivity contribution in [1.82, 2.24) is 5.43 Å². The number of thiocarbonyl (C=S) groups is 1. The van der Waals surface area contributed by atoms with Crippen molar-refractivity contribution in [3.63, 3.8) is 0 Å². The van der Waals surface area contributed by atoms with E-state index in [1.165, 1.54) is 0 Å². The lowest BCUT2D eigenvalue weighted by atomic mass is 10.0. The second kappa shape index (κ2) is 6.31. The van der Waals surface area contributed by atoms with E-state index in [4.69, 9.17) is 22.7 Å². The van der Waals surface area contributed by atoms with Crippen LogP contribution in [0.1, 0.15) is 12.5 Å². The number of rotatable bonds is 4. The fourth-order valence-electron chi connectivity index (χ4n) is 1.81. The molecule has 0 bridgehead atoms. The van der Waals surface area contributed by atoms with Crippen LogP contribution in [0.5, 0.6) is 0 Å². The molecular formula is C13H16N4OS. The van der Waals surface area contributed by atoms with Gasteiger partial charge >= 0.3 is 0 Å². The second-order valence-electron chi connectivity index (χ2n) is 3.95. The predicted molar refractivity (Wildman–Crippen MR) is 81.9 cm³/mol. The Labute approximate surface area is 117 Å². The zero-order valence-corrected chi connectivity index (χ0v) is 11.4. The van der Waals surface area contributed by atoms with Crippen LogP contribution >= 0.6 is 12.2 Å². The molecule has 0 amide bonds. The van der Waals surface area contributed by atoms with Crippen LogP contribution in [0.3, 0.4) is 0 Å². The Morgan fingerprint density at radius 1 is 1.58 bits per heavy atom. The average Bonchev–Trinajstić information content (AvgIpc) is 2.39. The molecule has 0 saturated carbocycles. The molecule has 0 spiro atoms. The number of nitrogens with two attached hydrogens (primary N) is 1. The Bertz CT molecular complexity index is 527. The van der Waals surface area contributed by atoms with Gasteiger partial charge in [-0.1, -0.05) is 18.2 Å². The molecule has 1 aromatic carbocycles. The van der Waals surface area contributed by atoms with Crippen molar-refractivity contribution in [3.05, 3.63) is 35.4 Å². The van der Waals surface area contributed by atoms with Gasteiger partial charge in [-0.2, -0.15) is 5.10 Å². The van der Waals surface area contributed by atoms with Crippen molar-refractivity contribution in [2.24, 2.45) is 10.8 Å². The molecule has 1 atom stereocenters. The first-order valence-electron chi connectivity index (χ1n) is 5.98. The van der Waals surface area contributed by atoms with Crippen LogP contribution in [0.25, 0.3) is 6.08 Å². The normalized spacial score (nSPS) is 17.5. The lowest BCUT2D eigenvalue weighted by Gasteiger charge is -2.26. The molecule has 1 unspecified atom stereocenters. The van der Waals surface area contributed by atoms with Crippen LogP contribution in [0.15, 0.2) is 34.9 Å². The molecule has 0 aliphatic carbocycles. The molecule has 1 aromatic rings. The van der Waals surface area contributed by atoms with Crippen LogP contribution in [0.4, 0.5) is 5.69 Å². The minimum atomic E-state index is -0.225. The second-order valence-corrected chi connectivity index (χ2v) is 4.39. The highest BCUT2D eigenvalue weighted by Gasteiger charge is 2.19. The summed E-state index contributed by atoms with van der Waals surface area (Å²) in [6.07, 6.45) is 3.45. The van der Waals surface area contributed by atoms with Crippen molar-refractivity contribution in [3.8, 4) is 0 Å². The van der Waals surface area contributed by atoms with Gasteiger partial charge in [0.1, 0.15) is 0 Å². The number of anilines is 1. The molecule has 19 heavy (non-hydrogen) atoms. The van der Waals surface area contributed by atoms with E-state index in [2.05, 4.69) is 15.8 Å². The molecule has 5 nitrogen and oxygen atoms in total. The van der Waals surface area contributed by atoms with Gasteiger partial charge in [-0.3, -0.25) is 5.43 Å². The summed E-state index contributed by atoms with van der Waals surface area (Å²) in [6.45, 7) is 2.55. The molecule has 6 heteroatoms. The van der Waals surface area contributed by atoms with Crippen LogP contribution in [0, 0.1) is 0 Å². The number of nitrogens with zero attached hydrogens (tertiary/aromatic N) is 1. The van der Waals surface area contributed by atoms with Gasteiger partial charge in [0.25, 0.3) is 0 Å². The zero-order valence-electron chi connectivity index (χ0n) is 10.6. The number of hydrogen-bond acceptors (Lipinski definition) is 4. The van der Waals surface area contributed by atoms with E-state index in [-0.39, 0.29) is 11.3 Å². The maximum Gasteiger partial charge on any atom is 0.184 e. The Kier molecular flexibility index (Phi) is 4.48. The number of hydrogen-bond donors (Lipinski definition) is 3. The fourth-order valence-corrected chi connectivity index (χ4v) is 1.87. The van der Waals surface area contributed by atoms with Gasteiger partial charge in [0.05, 0.1) is 6.21 Å². The summed E-state index contributed by atoms with van der Waals surface area (Å²) in [5.74, 6) is 0. The van der Waals surface area contributed by atoms with Crippen molar-refractivity contribution in [2.45, 2.75) is 13.2 Å². The van der Waals surface area contributed by atoms with Gasteiger partial charge in [0, 0.05) is 17.9 Å². The summed E-state index contributed by atoms with van der Waals surface area (Å²) in [4.78, 5) is 0. The summed E-state index contributed by atoms with van der Waals surface area (Å²) in [5.41, 5.74) is 10.9. The lowest BCUT2D eigenvalue weighted by Crippen LogP contribution is -2.30. The topological polar surface area (TPSA) is 71.7 Å². The Morgan fingerprint density at radius 2 is 2.37 bits per heavy atom. The third kappa shape index (κ3) is 3.52. The summed E-state index contributed by atoms with van der Waals surface area (Å²) < 4.78 is 5.65. The zero-order chi connectivity index (χ0) is 13.7. The van der Waals surface area contributed by atoms with E-state index < -0.39 is 0 Å². The first kappa shape index (κ1) is 13.5. The molecule has 0 saturated heterocycles. The monoisotopic (exact) mass is 276 g/mol. The van der Waals surface area contributed by atoms with Crippen molar-refractivity contribution < 1.29 is 4.74 Å². The van der Waals surface area contributed by atoms with E-state index in [1.807, 2.05) is 37.3 Å². The van der Waals surface area contributed by atoms with E-state index in [0.29, 0.717) is 6.61 Å². The number of para-hydroxylation sites is 1. The minimum Gasteiger partial charge on any atom is -0.375 e. The highest BCUT2D eigenvalue weighted by molar-refractivity contribution is 7.80. The quantitative estimate of drug-likeness (QED) is 0.443. The fraction of sp³-hybridized carbons (Fsp3) is 0.231. The standard InChI is InChI=1S/C13H16N4OS/c1-2-18-12-10(8-15-17-13(14)19)7-9-5-3-4-6-11(9)16-12/h3-8,12,16H,2H2,1H3,(H3,14,17,19)/b15-8+. The predicted octanol–water partition coefficient (Wildman–Crippen LogP) is 1.68. The van der Waals surface area contributed by atoms with Crippen LogP contribution in [0.2, 0.25) is 0 Å². The van der Waals surface area contributed by atoms with Crippen LogP contribution < -0.4 is 16.5 Å². The van der Waals surface area contributed by atoms with Gasteiger partial charge in [-0.15, -0.1) is 0 Å². The Morgan fingerprint density at radius 3 is 3.11 bits per heavy atom. The van der Waals surface area contributed by atoms with Crippen molar-refractivity contribution in [2.75, 3.05) is 11.9 Å². The molecular weight excluding hydrogens is 260 g/mol. The smallest absolute Gasteiger partial charge is 0.184 e. The number of fused-ring (bicyclic) bond motifs is 1. The largest absolute Gasteiger partial charge is 0.375 e. The molecule has 1 aliphatic rings. The maximum absolute atomic E-state index is 5.65. The van der Waals surface area contributed by atoms with Crippen molar-refractivity contribution >= 4 is 35.3 Å². The average molecular weight is 276 g/mol. The molecule has 0 radical (unpaired) electrons. The molecule has 1 heterocycles. The van der Waals surface area contributed by atoms with Gasteiger partial charge in [0.2, 0.25) is 0 Å². The minimum absolute atomic E-state index is 0.133. The molecule has 4 N–H and O–H groups in total. The van der Waals surface area contributed by atoms with Gasteiger partial charge in [-0.25, -0.2) is 0 Å². The highest BCUT2D eigenvalue weighted by atomic mass is 32.1. The number of nitrogens with one attached hydrogen (secondary N) is 2. The maximum atomic E-state index is 5.65. The van der Waals surface area contributed by atoms with Crippen LogP contribution in [-0.4, -0.2) is 24.2 Å². The Balaban J connectivity index is 2.23. The van der Waals surface area contributed by atoms with Gasteiger partial charge in [-0.05, 0) is 36.8 Å². The number of hydrazone groups is 1. The SMILES string of the molecule is CCOC1Nc2ccccc2C=C1/C=N/NC(N)=S. The molecule has 100 valence electrons. The first-order valence-corrected chi connectivity index (χ1v) is 6.39. The molecule has 0 aromatic heterocycles.